The molecule has 0 bridgehead atoms. The average molecular weight is 303 g/mol. The van der Waals surface area contributed by atoms with Crippen molar-refractivity contribution in [1.82, 2.24) is 5.43 Å². The Morgan fingerprint density at radius 1 is 1.38 bits per heavy atom. The molecular formula is C12H19BrN2S. The number of hydrazine groups is 1. The minimum atomic E-state index is 0.411. The highest BCUT2D eigenvalue weighted by Crippen LogP contribution is 2.22. The molecule has 1 unspecified atom stereocenters. The molecule has 0 aliphatic heterocycles. The van der Waals surface area contributed by atoms with E-state index >= 15 is 0 Å². The topological polar surface area (TPSA) is 38.0 Å². The highest BCUT2D eigenvalue weighted by molar-refractivity contribution is 9.10. The van der Waals surface area contributed by atoms with Crippen molar-refractivity contribution < 1.29 is 0 Å². The first-order chi connectivity index (χ1) is 7.76. The quantitative estimate of drug-likeness (QED) is 0.459. The van der Waals surface area contributed by atoms with Crippen LogP contribution in [0.25, 0.3) is 0 Å². The van der Waals surface area contributed by atoms with E-state index in [4.69, 9.17) is 5.84 Å². The normalized spacial score (nSPS) is 12.7. The number of thioether (sulfide) groups is 1. The zero-order chi connectivity index (χ0) is 11.8. The summed E-state index contributed by atoms with van der Waals surface area (Å²) in [4.78, 5) is 1.29. The van der Waals surface area contributed by atoms with Crippen LogP contribution in [0.4, 0.5) is 0 Å². The van der Waals surface area contributed by atoms with Crippen LogP contribution in [-0.2, 0) is 0 Å². The van der Waals surface area contributed by atoms with Crippen molar-refractivity contribution in [2.45, 2.75) is 37.1 Å². The fourth-order valence-corrected chi connectivity index (χ4v) is 2.64. The molecule has 1 rings (SSSR count). The highest BCUT2D eigenvalue weighted by atomic mass is 79.9. The van der Waals surface area contributed by atoms with E-state index in [1.165, 1.54) is 17.7 Å². The second kappa shape index (κ2) is 8.12. The molecule has 0 aliphatic rings. The van der Waals surface area contributed by atoms with Gasteiger partial charge in [0.05, 0.1) is 0 Å². The molecule has 0 heterocycles. The Labute approximate surface area is 110 Å². The van der Waals surface area contributed by atoms with Crippen molar-refractivity contribution in [1.29, 1.82) is 0 Å². The SMILES string of the molecule is CCCCC(CSc1ccc(Br)cc1)NN. The predicted octanol–water partition coefficient (Wildman–Crippen LogP) is 3.56. The van der Waals surface area contributed by atoms with Gasteiger partial charge in [0.1, 0.15) is 0 Å². The van der Waals surface area contributed by atoms with Crippen molar-refractivity contribution in [3.8, 4) is 0 Å². The molecule has 0 amide bonds. The molecule has 0 radical (unpaired) electrons. The first-order valence-electron chi connectivity index (χ1n) is 5.60. The standard InChI is InChI=1S/C12H19BrN2S/c1-2-3-4-11(15-14)9-16-12-7-5-10(13)6-8-12/h5-8,11,15H,2-4,9,14H2,1H3. The molecular weight excluding hydrogens is 284 g/mol. The molecule has 2 nitrogen and oxygen atoms in total. The van der Waals surface area contributed by atoms with Crippen LogP contribution in [0.15, 0.2) is 33.6 Å². The smallest absolute Gasteiger partial charge is 0.0304 e. The van der Waals surface area contributed by atoms with Gasteiger partial charge in [0.15, 0.2) is 0 Å². The Morgan fingerprint density at radius 2 is 2.06 bits per heavy atom. The Balaban J connectivity index is 2.34. The van der Waals surface area contributed by atoms with Crippen LogP contribution in [0.1, 0.15) is 26.2 Å². The molecule has 0 aromatic heterocycles. The third kappa shape index (κ3) is 5.34. The first-order valence-corrected chi connectivity index (χ1v) is 7.38. The summed E-state index contributed by atoms with van der Waals surface area (Å²) >= 11 is 5.28. The average Bonchev–Trinajstić information content (AvgIpc) is 2.32. The number of rotatable bonds is 7. The van der Waals surface area contributed by atoms with E-state index in [1.807, 2.05) is 11.8 Å². The third-order valence-corrected chi connectivity index (χ3v) is 4.11. The summed E-state index contributed by atoms with van der Waals surface area (Å²) in [7, 11) is 0. The summed E-state index contributed by atoms with van der Waals surface area (Å²) in [6.45, 7) is 2.20. The summed E-state index contributed by atoms with van der Waals surface area (Å²) in [5.41, 5.74) is 2.89. The molecule has 1 atom stereocenters. The lowest BCUT2D eigenvalue weighted by atomic mass is 10.1. The molecule has 1 aromatic carbocycles. The third-order valence-electron chi connectivity index (χ3n) is 2.41. The van der Waals surface area contributed by atoms with Crippen LogP contribution in [0.3, 0.4) is 0 Å². The highest BCUT2D eigenvalue weighted by Gasteiger charge is 2.06. The van der Waals surface area contributed by atoms with E-state index in [0.29, 0.717) is 6.04 Å². The summed E-state index contributed by atoms with van der Waals surface area (Å²) in [5, 5.41) is 0. The van der Waals surface area contributed by atoms with Gasteiger partial charge in [-0.3, -0.25) is 11.3 Å². The van der Waals surface area contributed by atoms with E-state index < -0.39 is 0 Å². The predicted molar refractivity (Wildman–Crippen MR) is 75.5 cm³/mol. The van der Waals surface area contributed by atoms with Gasteiger partial charge in [0.2, 0.25) is 0 Å². The maximum absolute atomic E-state index is 5.53. The van der Waals surface area contributed by atoms with Gasteiger partial charge in [-0.1, -0.05) is 35.7 Å². The Morgan fingerprint density at radius 3 is 2.62 bits per heavy atom. The van der Waals surface area contributed by atoms with Gasteiger partial charge in [-0.25, -0.2) is 0 Å². The molecule has 0 saturated carbocycles. The molecule has 90 valence electrons. The Kier molecular flexibility index (Phi) is 7.12. The number of nitrogens with one attached hydrogen (secondary N) is 1. The lowest BCUT2D eigenvalue weighted by Crippen LogP contribution is -2.36. The van der Waals surface area contributed by atoms with Crippen LogP contribution >= 0.6 is 27.7 Å². The zero-order valence-electron chi connectivity index (χ0n) is 9.58. The summed E-state index contributed by atoms with van der Waals surface area (Å²) < 4.78 is 1.12. The number of hydrogen-bond donors (Lipinski definition) is 2. The lowest BCUT2D eigenvalue weighted by molar-refractivity contribution is 0.516. The van der Waals surface area contributed by atoms with E-state index in [9.17, 15) is 0 Å². The molecule has 1 aromatic rings. The second-order valence-corrected chi connectivity index (χ2v) is 5.78. The molecule has 0 fully saturated rings. The largest absolute Gasteiger partial charge is 0.271 e. The summed E-state index contributed by atoms with van der Waals surface area (Å²) in [6, 6.07) is 8.80. The van der Waals surface area contributed by atoms with E-state index in [0.717, 1.165) is 16.6 Å². The fraction of sp³-hybridized carbons (Fsp3) is 0.500. The van der Waals surface area contributed by atoms with Crippen LogP contribution < -0.4 is 11.3 Å². The van der Waals surface area contributed by atoms with E-state index in [-0.39, 0.29) is 0 Å². The Hall–Kier alpha value is -0.0300. The number of unbranched alkanes of at least 4 members (excludes halogenated alkanes) is 1. The van der Waals surface area contributed by atoms with Crippen molar-refractivity contribution in [2.24, 2.45) is 5.84 Å². The molecule has 4 heteroatoms. The van der Waals surface area contributed by atoms with Gasteiger partial charge in [-0.15, -0.1) is 11.8 Å². The van der Waals surface area contributed by atoms with Crippen LogP contribution in [0.5, 0.6) is 0 Å². The second-order valence-electron chi connectivity index (χ2n) is 3.77. The van der Waals surface area contributed by atoms with Gasteiger partial charge in [0, 0.05) is 21.2 Å². The minimum Gasteiger partial charge on any atom is -0.271 e. The fourth-order valence-electron chi connectivity index (χ4n) is 1.39. The lowest BCUT2D eigenvalue weighted by Gasteiger charge is -2.14. The van der Waals surface area contributed by atoms with Crippen molar-refractivity contribution >= 4 is 27.7 Å². The minimum absolute atomic E-state index is 0.411. The first kappa shape index (κ1) is 14.0. The van der Waals surface area contributed by atoms with Crippen LogP contribution in [-0.4, -0.2) is 11.8 Å². The van der Waals surface area contributed by atoms with Gasteiger partial charge >= 0.3 is 0 Å². The molecule has 0 aliphatic carbocycles. The van der Waals surface area contributed by atoms with Gasteiger partial charge < -0.3 is 0 Å². The zero-order valence-corrected chi connectivity index (χ0v) is 12.0. The summed E-state index contributed by atoms with van der Waals surface area (Å²) in [5.74, 6) is 6.56. The van der Waals surface area contributed by atoms with Crippen LogP contribution in [0, 0.1) is 0 Å². The maximum atomic E-state index is 5.53. The number of benzene rings is 1. The van der Waals surface area contributed by atoms with Crippen molar-refractivity contribution in [3.63, 3.8) is 0 Å². The number of nitrogens with two attached hydrogens (primary N) is 1. The van der Waals surface area contributed by atoms with Gasteiger partial charge in [0.25, 0.3) is 0 Å². The van der Waals surface area contributed by atoms with Crippen molar-refractivity contribution in [3.05, 3.63) is 28.7 Å². The van der Waals surface area contributed by atoms with Gasteiger partial charge in [-0.05, 0) is 30.7 Å². The number of halogens is 1. The molecule has 16 heavy (non-hydrogen) atoms. The van der Waals surface area contributed by atoms with E-state index in [2.05, 4.69) is 52.5 Å². The molecule has 0 saturated heterocycles. The summed E-state index contributed by atoms with van der Waals surface area (Å²) in [6.07, 6.45) is 3.60. The van der Waals surface area contributed by atoms with E-state index in [1.54, 1.807) is 0 Å². The maximum Gasteiger partial charge on any atom is 0.0304 e. The van der Waals surface area contributed by atoms with Crippen molar-refractivity contribution in [2.75, 3.05) is 5.75 Å². The molecule has 3 N–H and O–H groups in total. The Bertz CT molecular complexity index is 290. The van der Waals surface area contributed by atoms with Crippen LogP contribution in [0.2, 0.25) is 0 Å². The molecule has 0 spiro atoms. The monoisotopic (exact) mass is 302 g/mol. The number of hydrogen-bond acceptors (Lipinski definition) is 3. The van der Waals surface area contributed by atoms with Gasteiger partial charge in [-0.2, -0.15) is 0 Å².